The van der Waals surface area contributed by atoms with Gasteiger partial charge >= 0.3 is 11.9 Å². The van der Waals surface area contributed by atoms with Crippen LogP contribution >= 0.6 is 27.5 Å². The van der Waals surface area contributed by atoms with Crippen LogP contribution in [-0.2, 0) is 9.59 Å². The Kier molecular flexibility index (Phi) is 5.97. The first-order chi connectivity index (χ1) is 9.31. The van der Waals surface area contributed by atoms with Gasteiger partial charge in [-0.05, 0) is 24.6 Å². The van der Waals surface area contributed by atoms with Crippen molar-refractivity contribution in [2.75, 3.05) is 0 Å². The maximum atomic E-state index is 12.0. The highest BCUT2D eigenvalue weighted by Crippen LogP contribution is 2.21. The van der Waals surface area contributed by atoms with E-state index < -0.39 is 23.9 Å². The molecule has 0 fully saturated rings. The summed E-state index contributed by atoms with van der Waals surface area (Å²) in [6.45, 7) is 0. The van der Waals surface area contributed by atoms with Crippen molar-refractivity contribution in [3.05, 3.63) is 33.3 Å². The molecule has 1 rings (SSSR count). The highest BCUT2D eigenvalue weighted by molar-refractivity contribution is 9.10. The minimum atomic E-state index is -1.30. The van der Waals surface area contributed by atoms with Crippen molar-refractivity contribution in [3.8, 4) is 0 Å². The Morgan fingerprint density at radius 1 is 1.30 bits per heavy atom. The lowest BCUT2D eigenvalue weighted by Crippen LogP contribution is -2.41. The fraction of sp³-hybridized carbons (Fsp3) is 0.250. The molecule has 0 heterocycles. The molecule has 1 aromatic rings. The van der Waals surface area contributed by atoms with Crippen molar-refractivity contribution in [1.29, 1.82) is 0 Å². The number of nitrogens with one attached hydrogen (secondary N) is 1. The summed E-state index contributed by atoms with van der Waals surface area (Å²) in [5.74, 6) is -3.11. The van der Waals surface area contributed by atoms with E-state index in [4.69, 9.17) is 21.8 Å². The van der Waals surface area contributed by atoms with Crippen LogP contribution in [0.25, 0.3) is 0 Å². The lowest BCUT2D eigenvalue weighted by molar-refractivity contribution is -0.140. The molecule has 1 unspecified atom stereocenters. The van der Waals surface area contributed by atoms with Crippen LogP contribution in [0.2, 0.25) is 5.02 Å². The van der Waals surface area contributed by atoms with Crippen LogP contribution < -0.4 is 5.32 Å². The summed E-state index contributed by atoms with van der Waals surface area (Å²) in [5, 5.41) is 19.9. The van der Waals surface area contributed by atoms with E-state index in [0.29, 0.717) is 4.47 Å². The van der Waals surface area contributed by atoms with E-state index in [1.165, 1.54) is 12.1 Å². The Hall–Kier alpha value is -1.60. The molecule has 0 aliphatic carbocycles. The topological polar surface area (TPSA) is 104 Å². The molecule has 1 aromatic carbocycles. The summed E-state index contributed by atoms with van der Waals surface area (Å²) >= 11 is 9.04. The monoisotopic (exact) mass is 363 g/mol. The Morgan fingerprint density at radius 3 is 2.50 bits per heavy atom. The van der Waals surface area contributed by atoms with Gasteiger partial charge in [-0.25, -0.2) is 4.79 Å². The minimum Gasteiger partial charge on any atom is -0.481 e. The van der Waals surface area contributed by atoms with Gasteiger partial charge in [0.2, 0.25) is 0 Å². The van der Waals surface area contributed by atoms with Crippen LogP contribution in [0.5, 0.6) is 0 Å². The van der Waals surface area contributed by atoms with E-state index >= 15 is 0 Å². The Balaban J connectivity index is 2.82. The normalized spacial score (nSPS) is 11.7. The fourth-order valence-corrected chi connectivity index (χ4v) is 2.00. The third kappa shape index (κ3) is 4.82. The quantitative estimate of drug-likeness (QED) is 0.717. The molecule has 0 spiro atoms. The van der Waals surface area contributed by atoms with E-state index in [9.17, 15) is 14.4 Å². The SMILES string of the molecule is O=C(O)CCC(NC(=O)c1cc(Br)ccc1Cl)C(=O)O. The summed E-state index contributed by atoms with van der Waals surface area (Å²) in [6, 6.07) is 3.30. The molecule has 0 saturated carbocycles. The van der Waals surface area contributed by atoms with Crippen molar-refractivity contribution < 1.29 is 24.6 Å². The molecule has 108 valence electrons. The molecule has 0 saturated heterocycles. The zero-order chi connectivity index (χ0) is 15.3. The third-order valence-corrected chi connectivity index (χ3v) is 3.25. The number of rotatable bonds is 6. The first-order valence-corrected chi connectivity index (χ1v) is 6.69. The number of hydrogen-bond donors (Lipinski definition) is 3. The van der Waals surface area contributed by atoms with Gasteiger partial charge in [-0.3, -0.25) is 9.59 Å². The first kappa shape index (κ1) is 16.5. The molecule has 0 aliphatic rings. The average molecular weight is 365 g/mol. The second-order valence-corrected chi connectivity index (χ2v) is 5.24. The van der Waals surface area contributed by atoms with E-state index in [-0.39, 0.29) is 23.4 Å². The first-order valence-electron chi connectivity index (χ1n) is 5.51. The summed E-state index contributed by atoms with van der Waals surface area (Å²) in [7, 11) is 0. The molecule has 0 aliphatic heterocycles. The molecule has 20 heavy (non-hydrogen) atoms. The highest BCUT2D eigenvalue weighted by atomic mass is 79.9. The smallest absolute Gasteiger partial charge is 0.326 e. The molecular formula is C12H11BrClNO5. The Labute approximate surface area is 127 Å². The lowest BCUT2D eigenvalue weighted by atomic mass is 10.1. The molecule has 3 N–H and O–H groups in total. The van der Waals surface area contributed by atoms with E-state index in [1.54, 1.807) is 6.07 Å². The van der Waals surface area contributed by atoms with E-state index in [0.717, 1.165) is 0 Å². The lowest BCUT2D eigenvalue weighted by Gasteiger charge is -2.14. The minimum absolute atomic E-state index is 0.114. The maximum Gasteiger partial charge on any atom is 0.326 e. The van der Waals surface area contributed by atoms with Crippen LogP contribution in [0.1, 0.15) is 23.2 Å². The molecule has 1 atom stereocenters. The molecule has 1 amide bonds. The van der Waals surface area contributed by atoms with Crippen LogP contribution in [-0.4, -0.2) is 34.1 Å². The van der Waals surface area contributed by atoms with Crippen LogP contribution in [0.15, 0.2) is 22.7 Å². The zero-order valence-corrected chi connectivity index (χ0v) is 12.4. The second kappa shape index (κ2) is 7.25. The predicted molar refractivity (Wildman–Crippen MR) is 74.9 cm³/mol. The summed E-state index contributed by atoms with van der Waals surface area (Å²) in [5.41, 5.74) is 0.114. The molecule has 0 aromatic heterocycles. The van der Waals surface area contributed by atoms with Gasteiger partial charge in [0.1, 0.15) is 6.04 Å². The standard InChI is InChI=1S/C12H11BrClNO5/c13-6-1-2-8(14)7(5-6)11(18)15-9(12(19)20)3-4-10(16)17/h1-2,5,9H,3-4H2,(H,15,18)(H,16,17)(H,19,20). The number of hydrogen-bond acceptors (Lipinski definition) is 3. The molecule has 6 nitrogen and oxygen atoms in total. The fourth-order valence-electron chi connectivity index (χ4n) is 1.43. The van der Waals surface area contributed by atoms with Crippen molar-refractivity contribution in [1.82, 2.24) is 5.32 Å². The van der Waals surface area contributed by atoms with Crippen molar-refractivity contribution in [3.63, 3.8) is 0 Å². The molecule has 0 bridgehead atoms. The number of carboxylic acid groups (broad SMARTS) is 2. The van der Waals surface area contributed by atoms with Gasteiger partial charge in [0.25, 0.3) is 5.91 Å². The number of aliphatic carboxylic acids is 2. The summed E-state index contributed by atoms with van der Waals surface area (Å²) in [4.78, 5) is 33.4. The number of halogens is 2. The summed E-state index contributed by atoms with van der Waals surface area (Å²) in [6.07, 6.45) is -0.564. The number of carbonyl (C=O) groups excluding carboxylic acids is 1. The van der Waals surface area contributed by atoms with Crippen LogP contribution in [0.4, 0.5) is 0 Å². The van der Waals surface area contributed by atoms with Gasteiger partial charge in [-0.1, -0.05) is 27.5 Å². The predicted octanol–water partition coefficient (Wildman–Crippen LogP) is 2.15. The average Bonchev–Trinajstić information content (AvgIpc) is 2.36. The van der Waals surface area contributed by atoms with Gasteiger partial charge in [0.05, 0.1) is 10.6 Å². The van der Waals surface area contributed by atoms with E-state index in [1.807, 2.05) is 0 Å². The van der Waals surface area contributed by atoms with Crippen molar-refractivity contribution in [2.24, 2.45) is 0 Å². The van der Waals surface area contributed by atoms with E-state index in [2.05, 4.69) is 21.2 Å². The molecule has 0 radical (unpaired) electrons. The Morgan fingerprint density at radius 2 is 1.95 bits per heavy atom. The summed E-state index contributed by atoms with van der Waals surface area (Å²) < 4.78 is 0.615. The molecular weight excluding hydrogens is 353 g/mol. The third-order valence-electron chi connectivity index (χ3n) is 2.42. The highest BCUT2D eigenvalue weighted by Gasteiger charge is 2.22. The number of carbonyl (C=O) groups is 3. The Bertz CT molecular complexity index is 549. The van der Waals surface area contributed by atoms with Gasteiger partial charge in [-0.15, -0.1) is 0 Å². The van der Waals surface area contributed by atoms with Crippen molar-refractivity contribution in [2.45, 2.75) is 18.9 Å². The van der Waals surface area contributed by atoms with Gasteiger partial charge in [-0.2, -0.15) is 0 Å². The van der Waals surface area contributed by atoms with Gasteiger partial charge in [0, 0.05) is 10.9 Å². The number of carboxylic acids is 2. The number of amides is 1. The number of benzene rings is 1. The second-order valence-electron chi connectivity index (χ2n) is 3.92. The largest absolute Gasteiger partial charge is 0.481 e. The van der Waals surface area contributed by atoms with Crippen LogP contribution in [0.3, 0.4) is 0 Å². The van der Waals surface area contributed by atoms with Crippen molar-refractivity contribution >= 4 is 45.4 Å². The molecule has 8 heteroatoms. The van der Waals surface area contributed by atoms with Gasteiger partial charge in [0.15, 0.2) is 0 Å². The van der Waals surface area contributed by atoms with Crippen LogP contribution in [0, 0.1) is 0 Å². The van der Waals surface area contributed by atoms with Gasteiger partial charge < -0.3 is 15.5 Å². The zero-order valence-electron chi connectivity index (χ0n) is 10.1. The maximum absolute atomic E-state index is 12.0.